The molecule has 4 nitrogen and oxygen atoms in total. The molecule has 0 amide bonds. The van der Waals surface area contributed by atoms with Gasteiger partial charge in [-0.2, -0.15) is 17.6 Å². The summed E-state index contributed by atoms with van der Waals surface area (Å²) < 4.78 is 79.8. The molecular weight excluding hydrogens is 340 g/mol. The van der Waals surface area contributed by atoms with Gasteiger partial charge in [-0.05, 0) is 56.3 Å². The zero-order valence-corrected chi connectivity index (χ0v) is 13.3. The van der Waals surface area contributed by atoms with E-state index in [0.717, 1.165) is 19.3 Å². The smallest absolute Gasteiger partial charge is 0.395 e. The van der Waals surface area contributed by atoms with Gasteiger partial charge in [-0.1, -0.05) is 0 Å². The van der Waals surface area contributed by atoms with Crippen LogP contribution in [0.5, 0.6) is 0 Å². The van der Waals surface area contributed by atoms with Crippen LogP contribution in [0.15, 0.2) is 0 Å². The molecule has 0 atom stereocenters. The lowest BCUT2D eigenvalue weighted by atomic mass is 9.49. The van der Waals surface area contributed by atoms with Crippen molar-refractivity contribution >= 4 is 15.8 Å². The van der Waals surface area contributed by atoms with Crippen LogP contribution in [0.1, 0.15) is 38.5 Å². The number of hydrogen-bond donors (Lipinski definition) is 0. The van der Waals surface area contributed by atoms with E-state index in [1.807, 2.05) is 0 Å². The van der Waals surface area contributed by atoms with Gasteiger partial charge in [-0.15, -0.1) is 0 Å². The Labute approximate surface area is 131 Å². The molecule has 4 aliphatic rings. The van der Waals surface area contributed by atoms with Crippen molar-refractivity contribution in [2.24, 2.45) is 23.2 Å². The summed E-state index contributed by atoms with van der Waals surface area (Å²) in [7, 11) is -5.42. The molecule has 4 bridgehead atoms. The van der Waals surface area contributed by atoms with Gasteiger partial charge in [0.2, 0.25) is 9.84 Å². The summed E-state index contributed by atoms with van der Waals surface area (Å²) in [5.41, 5.74) is -1.16. The molecule has 0 radical (unpaired) electrons. The van der Waals surface area contributed by atoms with Crippen molar-refractivity contribution < 1.29 is 35.5 Å². The van der Waals surface area contributed by atoms with Crippen LogP contribution >= 0.6 is 0 Å². The first-order chi connectivity index (χ1) is 10.4. The summed E-state index contributed by atoms with van der Waals surface area (Å²) >= 11 is 0. The third kappa shape index (κ3) is 2.55. The normalized spacial score (nSPS) is 37.0. The van der Waals surface area contributed by atoms with Crippen molar-refractivity contribution in [1.29, 1.82) is 0 Å². The van der Waals surface area contributed by atoms with Crippen LogP contribution in [0.25, 0.3) is 0 Å². The fourth-order valence-electron chi connectivity index (χ4n) is 4.86. The number of sulfone groups is 1. The third-order valence-corrected chi connectivity index (χ3v) is 6.67. The summed E-state index contributed by atoms with van der Waals surface area (Å²) in [6.45, 7) is 0. The molecule has 0 aromatic heterocycles. The zero-order chi connectivity index (χ0) is 17.3. The van der Waals surface area contributed by atoms with Gasteiger partial charge in [-0.25, -0.2) is 8.42 Å². The molecule has 4 fully saturated rings. The number of carbonyl (C=O) groups excluding carboxylic acids is 1. The monoisotopic (exact) mass is 358 g/mol. The van der Waals surface area contributed by atoms with E-state index >= 15 is 0 Å². The second kappa shape index (κ2) is 4.83. The van der Waals surface area contributed by atoms with Crippen LogP contribution in [-0.2, 0) is 19.4 Å². The molecule has 132 valence electrons. The van der Waals surface area contributed by atoms with Gasteiger partial charge in [0, 0.05) is 6.26 Å². The molecule has 0 heterocycles. The summed E-state index contributed by atoms with van der Waals surface area (Å²) in [5, 5.41) is -5.45. The maximum Gasteiger partial charge on any atom is 0.482 e. The second-order valence-corrected chi connectivity index (χ2v) is 9.45. The SMILES string of the molecule is CS(=O)(=O)C(F)(F)C(F)(F)OC(=O)C12CC3CC(CC(C3)C1)C2. The third-order valence-electron chi connectivity index (χ3n) is 5.50. The number of halogens is 4. The Kier molecular flexibility index (Phi) is 3.56. The van der Waals surface area contributed by atoms with Gasteiger partial charge >= 0.3 is 17.3 Å². The molecule has 4 aliphatic carbocycles. The summed E-state index contributed by atoms with van der Waals surface area (Å²) in [6, 6.07) is 0. The van der Waals surface area contributed by atoms with Crippen LogP contribution in [0, 0.1) is 23.2 Å². The summed E-state index contributed by atoms with van der Waals surface area (Å²) in [5.74, 6) is -0.682. The molecule has 0 saturated heterocycles. The zero-order valence-electron chi connectivity index (χ0n) is 12.5. The standard InChI is InChI=1S/C14H18F4O4S/c1-23(20,21)14(17,18)13(15,16)22-11(19)12-5-8-2-9(6-12)4-10(3-8)7-12/h8-10H,2-7H2,1H3. The van der Waals surface area contributed by atoms with Crippen molar-refractivity contribution in [2.75, 3.05) is 6.26 Å². The van der Waals surface area contributed by atoms with Gasteiger partial charge in [0.15, 0.2) is 0 Å². The average Bonchev–Trinajstić information content (AvgIpc) is 2.34. The molecule has 23 heavy (non-hydrogen) atoms. The Morgan fingerprint density at radius 2 is 1.39 bits per heavy atom. The van der Waals surface area contributed by atoms with Crippen LogP contribution < -0.4 is 0 Å². The van der Waals surface area contributed by atoms with Crippen molar-refractivity contribution in [1.82, 2.24) is 0 Å². The minimum atomic E-state index is -5.45. The first kappa shape index (κ1) is 17.0. The highest BCUT2D eigenvalue weighted by Crippen LogP contribution is 2.61. The highest BCUT2D eigenvalue weighted by molar-refractivity contribution is 7.91. The average molecular weight is 358 g/mol. The van der Waals surface area contributed by atoms with Gasteiger partial charge in [0.05, 0.1) is 5.41 Å². The number of rotatable bonds is 4. The molecule has 0 aromatic rings. The Morgan fingerprint density at radius 3 is 1.74 bits per heavy atom. The molecule has 0 aliphatic heterocycles. The van der Waals surface area contributed by atoms with E-state index in [-0.39, 0.29) is 24.0 Å². The van der Waals surface area contributed by atoms with Gasteiger partial charge in [0.25, 0.3) is 0 Å². The van der Waals surface area contributed by atoms with E-state index in [9.17, 15) is 30.8 Å². The van der Waals surface area contributed by atoms with E-state index in [2.05, 4.69) is 4.74 Å². The Bertz CT molecular complexity index is 593. The van der Waals surface area contributed by atoms with Crippen molar-refractivity contribution in [3.8, 4) is 0 Å². The van der Waals surface area contributed by atoms with Gasteiger partial charge < -0.3 is 4.74 Å². The number of ether oxygens (including phenoxy) is 1. The maximum atomic E-state index is 13.7. The van der Waals surface area contributed by atoms with Crippen LogP contribution in [-0.4, -0.2) is 32.0 Å². The number of carbonyl (C=O) groups is 1. The predicted octanol–water partition coefficient (Wildman–Crippen LogP) is 2.98. The van der Waals surface area contributed by atoms with E-state index in [1.165, 1.54) is 0 Å². The lowest BCUT2D eigenvalue weighted by Crippen LogP contribution is -2.55. The van der Waals surface area contributed by atoms with E-state index in [4.69, 9.17) is 0 Å². The number of esters is 1. The van der Waals surface area contributed by atoms with E-state index < -0.39 is 32.6 Å². The molecular formula is C14H18F4O4S. The number of alkyl halides is 4. The minimum Gasteiger partial charge on any atom is -0.395 e. The quantitative estimate of drug-likeness (QED) is 0.573. The maximum absolute atomic E-state index is 13.7. The Balaban J connectivity index is 1.82. The molecule has 4 rings (SSSR count). The Hall–Kier alpha value is -0.860. The molecule has 0 spiro atoms. The topological polar surface area (TPSA) is 60.4 Å². The lowest BCUT2D eigenvalue weighted by molar-refractivity contribution is -0.308. The van der Waals surface area contributed by atoms with Crippen molar-refractivity contribution in [2.45, 2.75) is 49.9 Å². The van der Waals surface area contributed by atoms with Gasteiger partial charge in [0.1, 0.15) is 0 Å². The fraction of sp³-hybridized carbons (Fsp3) is 0.929. The first-order valence-electron chi connectivity index (χ1n) is 7.55. The molecule has 4 saturated carbocycles. The van der Waals surface area contributed by atoms with E-state index in [0.29, 0.717) is 19.3 Å². The largest absolute Gasteiger partial charge is 0.482 e. The van der Waals surface area contributed by atoms with Crippen LogP contribution in [0.4, 0.5) is 17.6 Å². The van der Waals surface area contributed by atoms with E-state index in [1.54, 1.807) is 0 Å². The van der Waals surface area contributed by atoms with Crippen LogP contribution in [0.3, 0.4) is 0 Å². The van der Waals surface area contributed by atoms with Gasteiger partial charge in [-0.3, -0.25) is 4.79 Å². The molecule has 0 N–H and O–H groups in total. The van der Waals surface area contributed by atoms with Crippen molar-refractivity contribution in [3.63, 3.8) is 0 Å². The summed E-state index contributed by atoms with van der Waals surface area (Å²) in [4.78, 5) is 12.3. The van der Waals surface area contributed by atoms with Crippen LogP contribution in [0.2, 0.25) is 0 Å². The van der Waals surface area contributed by atoms with Crippen molar-refractivity contribution in [3.05, 3.63) is 0 Å². The molecule has 0 unspecified atom stereocenters. The predicted molar refractivity (Wildman–Crippen MR) is 71.4 cm³/mol. The molecule has 9 heteroatoms. The second-order valence-electron chi connectivity index (χ2n) is 7.39. The summed E-state index contributed by atoms with van der Waals surface area (Å²) in [6.07, 6.45) is -1.51. The lowest BCUT2D eigenvalue weighted by Gasteiger charge is -2.55. The number of hydrogen-bond acceptors (Lipinski definition) is 4. The Morgan fingerprint density at radius 1 is 1.00 bits per heavy atom. The fourth-order valence-corrected chi connectivity index (χ4v) is 5.33. The first-order valence-corrected chi connectivity index (χ1v) is 9.44. The molecule has 0 aromatic carbocycles. The highest BCUT2D eigenvalue weighted by atomic mass is 32.2. The highest BCUT2D eigenvalue weighted by Gasteiger charge is 2.69. The minimum absolute atomic E-state index is 0.0144.